The number of aromatic hydroxyl groups is 1. The molecule has 0 unspecified atom stereocenters. The number of rotatable bonds is 2. The molecule has 3 aromatic rings. The molecule has 6 heteroatoms. The minimum absolute atomic E-state index is 0.0586. The summed E-state index contributed by atoms with van der Waals surface area (Å²) in [6, 6.07) is 7.68. The minimum Gasteiger partial charge on any atom is -0.492 e. The van der Waals surface area contributed by atoms with Gasteiger partial charge in [-0.05, 0) is 25.1 Å². The van der Waals surface area contributed by atoms with Crippen LogP contribution in [0.4, 0.5) is 15.8 Å². The van der Waals surface area contributed by atoms with Crippen LogP contribution < -0.4 is 5.32 Å². The number of hydrogen-bond acceptors (Lipinski definition) is 4. The van der Waals surface area contributed by atoms with Gasteiger partial charge < -0.3 is 10.4 Å². The minimum atomic E-state index is -0.352. The lowest BCUT2D eigenvalue weighted by molar-refractivity contribution is 0.437. The summed E-state index contributed by atoms with van der Waals surface area (Å²) in [6.07, 6.45) is 1.55. The summed E-state index contributed by atoms with van der Waals surface area (Å²) >= 11 is 0. The molecule has 0 amide bonds. The van der Waals surface area contributed by atoms with Crippen LogP contribution in [0, 0.1) is 12.7 Å². The van der Waals surface area contributed by atoms with Crippen molar-refractivity contribution in [2.24, 2.45) is 0 Å². The van der Waals surface area contributed by atoms with Crippen molar-refractivity contribution in [1.82, 2.24) is 14.6 Å². The molecule has 0 bridgehead atoms. The molecular formula is C13H11FN4O. The average molecular weight is 258 g/mol. The van der Waals surface area contributed by atoms with E-state index in [2.05, 4.69) is 15.4 Å². The van der Waals surface area contributed by atoms with Gasteiger partial charge in [-0.2, -0.15) is 9.61 Å². The molecule has 2 aromatic heterocycles. The Morgan fingerprint density at radius 1 is 1.32 bits per heavy atom. The van der Waals surface area contributed by atoms with Gasteiger partial charge in [-0.15, -0.1) is 0 Å². The molecule has 0 spiro atoms. The molecule has 19 heavy (non-hydrogen) atoms. The van der Waals surface area contributed by atoms with E-state index in [0.717, 1.165) is 0 Å². The van der Waals surface area contributed by atoms with Crippen LogP contribution in [-0.4, -0.2) is 19.7 Å². The molecule has 0 radical (unpaired) electrons. The predicted molar refractivity (Wildman–Crippen MR) is 69.1 cm³/mol. The molecular weight excluding hydrogens is 247 g/mol. The smallest absolute Gasteiger partial charge is 0.240 e. The lowest BCUT2D eigenvalue weighted by Gasteiger charge is -2.11. The fourth-order valence-electron chi connectivity index (χ4n) is 1.90. The number of halogens is 1. The number of nitrogens with zero attached hydrogens (tertiary/aromatic N) is 3. The summed E-state index contributed by atoms with van der Waals surface area (Å²) in [4.78, 5) is 4.30. The molecule has 5 nitrogen and oxygen atoms in total. The van der Waals surface area contributed by atoms with Crippen molar-refractivity contribution >= 4 is 17.0 Å². The van der Waals surface area contributed by atoms with Gasteiger partial charge in [0.15, 0.2) is 5.65 Å². The van der Waals surface area contributed by atoms with E-state index in [9.17, 15) is 9.50 Å². The molecule has 0 atom stereocenters. The van der Waals surface area contributed by atoms with Crippen molar-refractivity contribution in [3.05, 3.63) is 48.0 Å². The zero-order valence-electron chi connectivity index (χ0n) is 10.1. The number of nitrogens with one attached hydrogen (secondary N) is 1. The van der Waals surface area contributed by atoms with E-state index in [1.807, 2.05) is 0 Å². The fourth-order valence-corrected chi connectivity index (χ4v) is 1.90. The number of benzene rings is 1. The SMILES string of the molecule is Cc1nc2ccnn2c(O)c1Nc1cccc(F)c1. The van der Waals surface area contributed by atoms with Crippen LogP contribution >= 0.6 is 0 Å². The summed E-state index contributed by atoms with van der Waals surface area (Å²) in [7, 11) is 0. The van der Waals surface area contributed by atoms with Crippen LogP contribution in [0.1, 0.15) is 5.69 Å². The second kappa shape index (κ2) is 4.24. The van der Waals surface area contributed by atoms with Gasteiger partial charge in [0.2, 0.25) is 5.88 Å². The monoisotopic (exact) mass is 258 g/mol. The first-order valence-electron chi connectivity index (χ1n) is 5.71. The quantitative estimate of drug-likeness (QED) is 0.741. The van der Waals surface area contributed by atoms with Crippen molar-refractivity contribution in [1.29, 1.82) is 0 Å². The Kier molecular flexibility index (Phi) is 2.56. The summed E-state index contributed by atoms with van der Waals surface area (Å²) in [5, 5.41) is 17.1. The van der Waals surface area contributed by atoms with Gasteiger partial charge in [0.25, 0.3) is 0 Å². The Labute approximate surface area is 108 Å². The highest BCUT2D eigenvalue weighted by atomic mass is 19.1. The van der Waals surface area contributed by atoms with Crippen LogP contribution in [-0.2, 0) is 0 Å². The molecule has 0 saturated heterocycles. The van der Waals surface area contributed by atoms with Crippen LogP contribution in [0.3, 0.4) is 0 Å². The molecule has 1 aromatic carbocycles. The molecule has 0 saturated carbocycles. The van der Waals surface area contributed by atoms with E-state index < -0.39 is 0 Å². The lowest BCUT2D eigenvalue weighted by atomic mass is 10.2. The van der Waals surface area contributed by atoms with Crippen molar-refractivity contribution in [3.63, 3.8) is 0 Å². The second-order valence-electron chi connectivity index (χ2n) is 4.13. The van der Waals surface area contributed by atoms with E-state index in [1.54, 1.807) is 31.3 Å². The summed E-state index contributed by atoms with van der Waals surface area (Å²) < 4.78 is 14.5. The van der Waals surface area contributed by atoms with Gasteiger partial charge in [0.05, 0.1) is 11.9 Å². The number of anilines is 2. The summed E-state index contributed by atoms with van der Waals surface area (Å²) in [6.45, 7) is 1.76. The maximum Gasteiger partial charge on any atom is 0.240 e. The van der Waals surface area contributed by atoms with Crippen LogP contribution in [0.5, 0.6) is 5.88 Å². The molecule has 0 aliphatic carbocycles. The summed E-state index contributed by atoms with van der Waals surface area (Å²) in [5.74, 6) is -0.410. The topological polar surface area (TPSA) is 62.5 Å². The van der Waals surface area contributed by atoms with Gasteiger partial charge in [0.1, 0.15) is 11.5 Å². The normalized spacial score (nSPS) is 10.8. The highest BCUT2D eigenvalue weighted by Gasteiger charge is 2.12. The largest absolute Gasteiger partial charge is 0.492 e. The van der Waals surface area contributed by atoms with Crippen molar-refractivity contribution in [3.8, 4) is 5.88 Å². The van der Waals surface area contributed by atoms with E-state index >= 15 is 0 Å². The molecule has 0 aliphatic rings. The molecule has 3 rings (SSSR count). The third kappa shape index (κ3) is 1.97. The number of aromatic nitrogens is 3. The third-order valence-corrected chi connectivity index (χ3v) is 2.78. The molecule has 0 fully saturated rings. The van der Waals surface area contributed by atoms with Gasteiger partial charge >= 0.3 is 0 Å². The maximum absolute atomic E-state index is 13.1. The number of fused-ring (bicyclic) bond motifs is 1. The Hall–Kier alpha value is -2.63. The first-order chi connectivity index (χ1) is 9.15. The van der Waals surface area contributed by atoms with Crippen LogP contribution in [0.2, 0.25) is 0 Å². The highest BCUT2D eigenvalue weighted by Crippen LogP contribution is 2.29. The molecule has 2 heterocycles. The second-order valence-corrected chi connectivity index (χ2v) is 4.13. The Balaban J connectivity index is 2.09. The fraction of sp³-hybridized carbons (Fsp3) is 0.0769. The van der Waals surface area contributed by atoms with Crippen LogP contribution in [0.15, 0.2) is 36.5 Å². The van der Waals surface area contributed by atoms with E-state index in [4.69, 9.17) is 0 Å². The van der Waals surface area contributed by atoms with E-state index in [-0.39, 0.29) is 11.7 Å². The van der Waals surface area contributed by atoms with E-state index in [0.29, 0.717) is 22.7 Å². The van der Waals surface area contributed by atoms with Crippen LogP contribution in [0.25, 0.3) is 5.65 Å². The first kappa shape index (κ1) is 11.5. The zero-order valence-corrected chi connectivity index (χ0v) is 10.1. The Bertz CT molecular complexity index is 753. The summed E-state index contributed by atoms with van der Waals surface area (Å²) in [5.41, 5.74) is 2.10. The van der Waals surface area contributed by atoms with Gasteiger partial charge in [-0.25, -0.2) is 9.37 Å². The van der Waals surface area contributed by atoms with Gasteiger partial charge in [-0.1, -0.05) is 6.07 Å². The molecule has 2 N–H and O–H groups in total. The lowest BCUT2D eigenvalue weighted by Crippen LogP contribution is -2.01. The third-order valence-electron chi connectivity index (χ3n) is 2.78. The Morgan fingerprint density at radius 3 is 2.95 bits per heavy atom. The highest BCUT2D eigenvalue weighted by molar-refractivity contribution is 5.68. The maximum atomic E-state index is 13.1. The zero-order chi connectivity index (χ0) is 13.4. The van der Waals surface area contributed by atoms with Crippen molar-refractivity contribution in [2.75, 3.05) is 5.32 Å². The van der Waals surface area contributed by atoms with Crippen molar-refractivity contribution in [2.45, 2.75) is 6.92 Å². The van der Waals surface area contributed by atoms with Crippen molar-refractivity contribution < 1.29 is 9.50 Å². The van der Waals surface area contributed by atoms with E-state index in [1.165, 1.54) is 16.6 Å². The number of aryl methyl sites for hydroxylation is 1. The molecule has 0 aliphatic heterocycles. The first-order valence-corrected chi connectivity index (χ1v) is 5.71. The predicted octanol–water partition coefficient (Wildman–Crippen LogP) is 2.63. The molecule has 96 valence electrons. The Morgan fingerprint density at radius 2 is 2.16 bits per heavy atom. The average Bonchev–Trinajstić information content (AvgIpc) is 2.83. The number of hydrogen-bond donors (Lipinski definition) is 2. The standard InChI is InChI=1S/C13H11FN4O/c1-8-12(17-10-4-2-3-9(14)7-10)13(19)18-11(16-8)5-6-15-18/h2-7,17,19H,1H3. The van der Waals surface area contributed by atoms with Gasteiger partial charge in [0, 0.05) is 11.8 Å². The van der Waals surface area contributed by atoms with Gasteiger partial charge in [-0.3, -0.25) is 0 Å².